The Morgan fingerprint density at radius 3 is 1.43 bits per heavy atom. The molecular weight excluding hydrogens is 586 g/mol. The Balaban J connectivity index is 1.50. The van der Waals surface area contributed by atoms with E-state index in [9.17, 15) is 5.11 Å². The molecule has 0 atom stereocenters. The van der Waals surface area contributed by atoms with Gasteiger partial charge in [0.2, 0.25) is 0 Å². The zero-order valence-corrected chi connectivity index (χ0v) is 29.9. The molecule has 0 aliphatic heterocycles. The summed E-state index contributed by atoms with van der Waals surface area (Å²) in [5.74, 6) is 0.388. The quantitative estimate of drug-likeness (QED) is 0.159. The van der Waals surface area contributed by atoms with Gasteiger partial charge >= 0.3 is 0 Å². The van der Waals surface area contributed by atoms with Crippen molar-refractivity contribution in [1.29, 1.82) is 0 Å². The van der Waals surface area contributed by atoms with Gasteiger partial charge in [0, 0.05) is 10.8 Å². The second-order valence-electron chi connectivity index (χ2n) is 14.1. The smallest absolute Gasteiger partial charge is 0.143 e. The van der Waals surface area contributed by atoms with Gasteiger partial charge in [-0.3, -0.25) is 0 Å². The fraction of sp³-hybridized carbons (Fsp3) is 0. The van der Waals surface area contributed by atoms with Gasteiger partial charge in [0.1, 0.15) is 87.5 Å². The van der Waals surface area contributed by atoms with Crippen LogP contribution in [-0.2, 0) is 0 Å². The number of phenols is 1. The molecule has 0 saturated heterocycles. The van der Waals surface area contributed by atoms with Gasteiger partial charge in [-0.05, 0) is 73.1 Å². The summed E-state index contributed by atoms with van der Waals surface area (Å²) in [7, 11) is 19.6. The van der Waals surface area contributed by atoms with E-state index in [1.54, 1.807) is 0 Å². The largest absolute Gasteiger partial charge is 0.509 e. The molecule has 49 heavy (non-hydrogen) atoms. The molecule has 0 amide bonds. The third-order valence-corrected chi connectivity index (χ3v) is 11.8. The lowest BCUT2D eigenvalue weighted by Gasteiger charge is -2.24. The van der Waals surface area contributed by atoms with Gasteiger partial charge in [0.25, 0.3) is 0 Å². The van der Waals surface area contributed by atoms with Gasteiger partial charge in [-0.15, -0.1) is 16.4 Å². The van der Waals surface area contributed by atoms with Crippen molar-refractivity contribution < 1.29 is 9.52 Å². The van der Waals surface area contributed by atoms with Crippen LogP contribution < -0.4 is 49.2 Å². The SMILES string of the molecule is Bc1c(B)c(B)c(-c2c3ccccc3c(-c3cccc4oc5ccc(-c6c(B)c(B)c(O)c(B)c6B)cc5c34)c3ccccc23)c(B)c1B. The summed E-state index contributed by atoms with van der Waals surface area (Å²) in [4.78, 5) is 0. The standard InChI is InChI=1S/C38H33B9O2/c39-29-24(30(40)37(47)38(48)36(29)46)15-12-13-22-21(14-15)26-20(10-5-11-23(26)49-22)25-16-6-1-3-8-18(16)27(19-9-4-2-7-17(19)25)28-31(41)33(43)35(45)34(44)32(28)42/h1-14,48H,39-47H2. The average Bonchev–Trinajstić information content (AvgIpc) is 3.50. The van der Waals surface area contributed by atoms with Crippen molar-refractivity contribution in [3.63, 3.8) is 0 Å². The Hall–Kier alpha value is -4.76. The van der Waals surface area contributed by atoms with E-state index in [2.05, 4.69) is 140 Å². The van der Waals surface area contributed by atoms with Crippen molar-refractivity contribution in [2.24, 2.45) is 0 Å². The lowest BCUT2D eigenvalue weighted by Crippen LogP contribution is -2.55. The minimum absolute atomic E-state index is 0.388. The molecule has 1 heterocycles. The first-order chi connectivity index (χ1) is 23.5. The fourth-order valence-corrected chi connectivity index (χ4v) is 8.48. The summed E-state index contributed by atoms with van der Waals surface area (Å²) in [5.41, 5.74) is 20.0. The molecule has 8 aromatic rings. The van der Waals surface area contributed by atoms with Crippen molar-refractivity contribution in [3.05, 3.63) is 84.9 Å². The van der Waals surface area contributed by atoms with Gasteiger partial charge in [-0.25, -0.2) is 0 Å². The Morgan fingerprint density at radius 1 is 0.388 bits per heavy atom. The number of benzene rings is 7. The normalized spacial score (nSPS) is 11.7. The van der Waals surface area contributed by atoms with Gasteiger partial charge in [-0.2, -0.15) is 0 Å². The topological polar surface area (TPSA) is 33.4 Å². The Labute approximate surface area is 295 Å². The van der Waals surface area contributed by atoms with Crippen LogP contribution in [0, 0.1) is 0 Å². The number of fused-ring (bicyclic) bond motifs is 5. The van der Waals surface area contributed by atoms with E-state index in [1.807, 2.05) is 15.7 Å². The van der Waals surface area contributed by atoms with Crippen LogP contribution in [0.4, 0.5) is 0 Å². The molecule has 0 bridgehead atoms. The second kappa shape index (κ2) is 11.4. The van der Waals surface area contributed by atoms with E-state index in [0.29, 0.717) is 5.75 Å². The molecule has 11 heteroatoms. The van der Waals surface area contributed by atoms with Crippen LogP contribution >= 0.6 is 0 Å². The molecule has 1 N–H and O–H groups in total. The van der Waals surface area contributed by atoms with Crippen LogP contribution in [0.15, 0.2) is 89.3 Å². The van der Waals surface area contributed by atoms with Crippen LogP contribution in [0.5, 0.6) is 5.75 Å². The first-order valence-electron chi connectivity index (χ1n) is 17.3. The number of furan rings is 1. The minimum Gasteiger partial charge on any atom is -0.509 e. The minimum atomic E-state index is 0.388. The fourth-order valence-electron chi connectivity index (χ4n) is 8.48. The monoisotopic (exact) mass is 620 g/mol. The number of rotatable bonds is 3. The molecule has 0 saturated carbocycles. The van der Waals surface area contributed by atoms with E-state index in [4.69, 9.17) is 4.42 Å². The molecule has 224 valence electrons. The molecule has 0 radical (unpaired) electrons. The van der Waals surface area contributed by atoms with Crippen molar-refractivity contribution >= 4 is 163 Å². The third kappa shape index (κ3) is 4.47. The van der Waals surface area contributed by atoms with E-state index in [1.165, 1.54) is 76.7 Å². The zero-order chi connectivity index (χ0) is 34.5. The lowest BCUT2D eigenvalue weighted by molar-refractivity contribution is 0.484. The summed E-state index contributed by atoms with van der Waals surface area (Å²) >= 11 is 0. The Morgan fingerprint density at radius 2 is 0.878 bits per heavy atom. The Kier molecular flexibility index (Phi) is 7.34. The molecule has 2 nitrogen and oxygen atoms in total. The first-order valence-corrected chi connectivity index (χ1v) is 17.3. The molecule has 7 aromatic carbocycles. The van der Waals surface area contributed by atoms with Gasteiger partial charge < -0.3 is 9.52 Å². The van der Waals surface area contributed by atoms with Crippen LogP contribution in [0.2, 0.25) is 0 Å². The molecule has 1 aromatic heterocycles. The maximum absolute atomic E-state index is 10.8. The highest BCUT2D eigenvalue weighted by Gasteiger charge is 2.23. The van der Waals surface area contributed by atoms with Crippen molar-refractivity contribution in [2.45, 2.75) is 0 Å². The molecule has 0 spiro atoms. The highest BCUT2D eigenvalue weighted by atomic mass is 16.3. The number of hydrogen-bond donors (Lipinski definition) is 1. The predicted octanol–water partition coefficient (Wildman–Crippen LogP) is -5.08. The van der Waals surface area contributed by atoms with Crippen LogP contribution in [0.25, 0.3) is 76.9 Å². The van der Waals surface area contributed by atoms with Crippen molar-refractivity contribution in [3.8, 4) is 39.1 Å². The molecule has 0 aliphatic carbocycles. The highest BCUT2D eigenvalue weighted by molar-refractivity contribution is 6.69. The zero-order valence-electron chi connectivity index (χ0n) is 29.9. The first kappa shape index (κ1) is 31.5. The summed E-state index contributed by atoms with van der Waals surface area (Å²) in [5, 5.41) is 18.0. The van der Waals surface area contributed by atoms with Crippen LogP contribution in [0.3, 0.4) is 0 Å². The summed E-state index contributed by atoms with van der Waals surface area (Å²) in [6.07, 6.45) is 0. The predicted molar refractivity (Wildman–Crippen MR) is 240 cm³/mol. The number of aromatic hydroxyl groups is 1. The maximum Gasteiger partial charge on any atom is 0.143 e. The summed E-state index contributed by atoms with van der Waals surface area (Å²) in [6, 6.07) is 30.9. The second-order valence-corrected chi connectivity index (χ2v) is 14.1. The van der Waals surface area contributed by atoms with Gasteiger partial charge in [0.05, 0.1) is 0 Å². The number of phenolic OH excluding ortho intramolecular Hbond substituents is 1. The molecule has 0 unspecified atom stereocenters. The molecule has 8 rings (SSSR count). The number of hydrogen-bond acceptors (Lipinski definition) is 2. The van der Waals surface area contributed by atoms with Crippen molar-refractivity contribution in [1.82, 2.24) is 0 Å². The Bertz CT molecular complexity index is 2620. The van der Waals surface area contributed by atoms with E-state index < -0.39 is 0 Å². The van der Waals surface area contributed by atoms with Gasteiger partial charge in [0.15, 0.2) is 0 Å². The van der Waals surface area contributed by atoms with Crippen molar-refractivity contribution in [2.75, 3.05) is 0 Å². The van der Waals surface area contributed by atoms with E-state index in [0.717, 1.165) is 49.4 Å². The summed E-state index contributed by atoms with van der Waals surface area (Å²) in [6.45, 7) is 0. The summed E-state index contributed by atoms with van der Waals surface area (Å²) < 4.78 is 6.58. The van der Waals surface area contributed by atoms with E-state index in [-0.39, 0.29) is 0 Å². The lowest BCUT2D eigenvalue weighted by atomic mass is 9.59. The van der Waals surface area contributed by atoms with Crippen LogP contribution in [-0.4, -0.2) is 75.7 Å². The molecular formula is C38H33B9O2. The highest BCUT2D eigenvalue weighted by Crippen LogP contribution is 2.46. The maximum atomic E-state index is 10.8. The van der Waals surface area contributed by atoms with E-state index >= 15 is 0 Å². The third-order valence-electron chi connectivity index (χ3n) is 11.8. The molecule has 0 fully saturated rings. The molecule has 0 aliphatic rings. The van der Waals surface area contributed by atoms with Crippen LogP contribution in [0.1, 0.15) is 0 Å². The average molecular weight is 619 g/mol. The van der Waals surface area contributed by atoms with Gasteiger partial charge in [-0.1, -0.05) is 99.5 Å².